The molecule has 19 heavy (non-hydrogen) atoms. The van der Waals surface area contributed by atoms with Crippen LogP contribution in [0.15, 0.2) is 24.3 Å². The van der Waals surface area contributed by atoms with E-state index in [1.807, 2.05) is 0 Å². The highest BCUT2D eigenvalue weighted by molar-refractivity contribution is 6.32. The number of hydrogen-bond acceptors (Lipinski definition) is 4. The third-order valence-electron chi connectivity index (χ3n) is 1.63. The van der Waals surface area contributed by atoms with E-state index in [4.69, 9.17) is 32.5 Å². The summed E-state index contributed by atoms with van der Waals surface area (Å²) in [5, 5.41) is 8.68. The van der Waals surface area contributed by atoms with Crippen LogP contribution in [0, 0.1) is 5.53 Å². The fraction of sp³-hybridized carbons (Fsp3) is 0.0909. The number of carboxylic acids is 1. The summed E-state index contributed by atoms with van der Waals surface area (Å²) < 4.78 is 4.81. The minimum atomic E-state index is -1.04. The van der Waals surface area contributed by atoms with Crippen molar-refractivity contribution in [3.63, 3.8) is 0 Å². The molecule has 100 valence electrons. The number of benzene rings is 1. The van der Waals surface area contributed by atoms with Crippen LogP contribution in [0.1, 0.15) is 12.5 Å². The molecule has 0 aliphatic carbocycles. The SMILES string of the molecule is CC(=O)Oc1ccc(C=CC(=O)O)cc1Cl.[N-]=[N+]=N. The van der Waals surface area contributed by atoms with Gasteiger partial charge in [0.25, 0.3) is 0 Å². The number of rotatable bonds is 3. The number of nitrogens with one attached hydrogen (secondary N) is 1. The topological polar surface area (TPSA) is 124 Å². The van der Waals surface area contributed by atoms with Crippen LogP contribution in [0.3, 0.4) is 0 Å². The highest BCUT2D eigenvalue weighted by Crippen LogP contribution is 2.26. The second kappa shape index (κ2) is 8.57. The van der Waals surface area contributed by atoms with Crippen LogP contribution in [-0.4, -0.2) is 17.0 Å². The quantitative estimate of drug-likeness (QED) is 0.221. The molecule has 1 rings (SSSR count). The van der Waals surface area contributed by atoms with Crippen molar-refractivity contribution in [1.82, 2.24) is 0 Å². The van der Waals surface area contributed by atoms with Crippen molar-refractivity contribution in [3.05, 3.63) is 45.3 Å². The summed E-state index contributed by atoms with van der Waals surface area (Å²) in [6.07, 6.45) is 2.39. The number of carboxylic acid groups (broad SMARTS) is 1. The summed E-state index contributed by atoms with van der Waals surface area (Å²) in [7, 11) is 0. The van der Waals surface area contributed by atoms with E-state index in [1.54, 1.807) is 11.0 Å². The number of aliphatic carboxylic acids is 1. The molecule has 0 unspecified atom stereocenters. The minimum Gasteiger partial charge on any atom is -0.478 e. The van der Waals surface area contributed by atoms with Crippen molar-refractivity contribution < 1.29 is 19.4 Å². The van der Waals surface area contributed by atoms with Gasteiger partial charge in [-0.15, -0.1) is 5.53 Å². The molecule has 0 saturated carbocycles. The van der Waals surface area contributed by atoms with Crippen LogP contribution in [0.2, 0.25) is 5.02 Å². The lowest BCUT2D eigenvalue weighted by Gasteiger charge is -2.04. The van der Waals surface area contributed by atoms with Gasteiger partial charge in [-0.05, 0) is 34.2 Å². The molecule has 0 aliphatic rings. The van der Waals surface area contributed by atoms with E-state index in [0.717, 1.165) is 6.08 Å². The Kier molecular flexibility index (Phi) is 7.44. The number of esters is 1. The van der Waals surface area contributed by atoms with Gasteiger partial charge in [0.15, 0.2) is 0 Å². The molecule has 0 bridgehead atoms. The average Bonchev–Trinajstić information content (AvgIpc) is 2.30. The number of hydrogen-bond donors (Lipinski definition) is 2. The first-order valence-corrected chi connectivity index (χ1v) is 5.18. The van der Waals surface area contributed by atoms with Crippen LogP contribution < -0.4 is 4.74 Å². The molecule has 0 atom stereocenters. The van der Waals surface area contributed by atoms with Crippen LogP contribution in [-0.2, 0) is 9.59 Å². The second-order valence-electron chi connectivity index (χ2n) is 3.06. The summed E-state index contributed by atoms with van der Waals surface area (Å²) >= 11 is 5.83. The Hall–Kier alpha value is -2.50. The van der Waals surface area contributed by atoms with Crippen LogP contribution in [0.25, 0.3) is 16.5 Å². The van der Waals surface area contributed by atoms with Crippen molar-refractivity contribution in [1.29, 1.82) is 5.53 Å². The fourth-order valence-electron chi connectivity index (χ4n) is 1.03. The van der Waals surface area contributed by atoms with E-state index in [0.29, 0.717) is 5.56 Å². The third kappa shape index (κ3) is 7.43. The number of ether oxygens (including phenoxy) is 1. The number of carbonyl (C=O) groups is 2. The highest BCUT2D eigenvalue weighted by Gasteiger charge is 2.04. The molecule has 0 aromatic heterocycles. The number of carbonyl (C=O) groups excluding carboxylic acids is 1. The molecule has 7 nitrogen and oxygen atoms in total. The lowest BCUT2D eigenvalue weighted by molar-refractivity contribution is -0.132. The molecule has 8 heteroatoms. The van der Waals surface area contributed by atoms with Crippen LogP contribution in [0.4, 0.5) is 0 Å². The summed E-state index contributed by atoms with van der Waals surface area (Å²) in [4.78, 5) is 22.7. The molecule has 0 fully saturated rings. The van der Waals surface area contributed by atoms with E-state index in [1.165, 1.54) is 25.1 Å². The van der Waals surface area contributed by atoms with Gasteiger partial charge in [0.1, 0.15) is 5.75 Å². The zero-order chi connectivity index (χ0) is 14.8. The zero-order valence-corrected chi connectivity index (χ0v) is 10.6. The molecule has 0 saturated heterocycles. The van der Waals surface area contributed by atoms with Gasteiger partial charge in [-0.2, -0.15) is 0 Å². The van der Waals surface area contributed by atoms with Crippen molar-refractivity contribution in [2.75, 3.05) is 0 Å². The molecule has 1 aromatic carbocycles. The van der Waals surface area contributed by atoms with E-state index in [2.05, 4.69) is 0 Å². The van der Waals surface area contributed by atoms with E-state index in [9.17, 15) is 9.59 Å². The minimum absolute atomic E-state index is 0.252. The third-order valence-corrected chi connectivity index (χ3v) is 1.92. The zero-order valence-electron chi connectivity index (χ0n) is 9.83. The Balaban J connectivity index is 0.000000982. The normalized spacial score (nSPS) is 9.16. The maximum absolute atomic E-state index is 10.7. The Bertz CT molecular complexity index is 537. The second-order valence-corrected chi connectivity index (χ2v) is 3.46. The summed E-state index contributed by atoms with van der Waals surface area (Å²) in [6, 6.07) is 4.62. The first kappa shape index (κ1) is 16.5. The summed E-state index contributed by atoms with van der Waals surface area (Å²) in [5.74, 6) is -1.25. The van der Waals surface area contributed by atoms with Crippen molar-refractivity contribution in [2.45, 2.75) is 6.92 Å². The molecule has 1 aromatic rings. The molecule has 2 N–H and O–H groups in total. The molecule has 0 spiro atoms. The van der Waals surface area contributed by atoms with Crippen LogP contribution >= 0.6 is 11.6 Å². The van der Waals surface area contributed by atoms with Gasteiger partial charge >= 0.3 is 11.9 Å². The van der Waals surface area contributed by atoms with Gasteiger partial charge in [-0.3, -0.25) is 4.79 Å². The van der Waals surface area contributed by atoms with Gasteiger partial charge in [-0.1, -0.05) is 17.7 Å². The van der Waals surface area contributed by atoms with Crippen molar-refractivity contribution in [2.24, 2.45) is 0 Å². The van der Waals surface area contributed by atoms with Gasteiger partial charge in [0, 0.05) is 13.0 Å². The van der Waals surface area contributed by atoms with E-state index in [-0.39, 0.29) is 10.8 Å². The molecule has 0 aliphatic heterocycles. The molecule has 0 amide bonds. The standard InChI is InChI=1S/C11H9ClO4.HN3/c1-7(13)16-10-4-2-8(6-9(10)12)3-5-11(14)15;1-3-2/h2-6H,1H3,(H,14,15);1H. The first-order chi connectivity index (χ1) is 8.90. The highest BCUT2D eigenvalue weighted by atomic mass is 35.5. The predicted octanol–water partition coefficient (Wildman–Crippen LogP) is 3.24. The Morgan fingerprint density at radius 1 is 1.53 bits per heavy atom. The monoisotopic (exact) mass is 283 g/mol. The lowest BCUT2D eigenvalue weighted by Crippen LogP contribution is -2.01. The Morgan fingerprint density at radius 2 is 2.11 bits per heavy atom. The van der Waals surface area contributed by atoms with Crippen LogP contribution in [0.5, 0.6) is 5.75 Å². The van der Waals surface area contributed by atoms with E-state index < -0.39 is 11.9 Å². The Labute approximate surface area is 113 Å². The van der Waals surface area contributed by atoms with Gasteiger partial charge in [0.2, 0.25) is 0 Å². The van der Waals surface area contributed by atoms with Crippen molar-refractivity contribution in [3.8, 4) is 5.75 Å². The Morgan fingerprint density at radius 3 is 2.53 bits per heavy atom. The largest absolute Gasteiger partial charge is 0.478 e. The molecular weight excluding hydrogens is 274 g/mol. The fourth-order valence-corrected chi connectivity index (χ4v) is 1.25. The summed E-state index contributed by atoms with van der Waals surface area (Å²) in [6.45, 7) is 1.27. The van der Waals surface area contributed by atoms with Gasteiger partial charge in [0.05, 0.1) is 5.02 Å². The number of nitrogens with zero attached hydrogens (tertiary/aromatic N) is 2. The smallest absolute Gasteiger partial charge is 0.328 e. The molecule has 0 radical (unpaired) electrons. The average molecular weight is 284 g/mol. The van der Waals surface area contributed by atoms with Crippen molar-refractivity contribution >= 4 is 29.6 Å². The lowest BCUT2D eigenvalue weighted by atomic mass is 10.2. The predicted molar refractivity (Wildman–Crippen MR) is 68.9 cm³/mol. The maximum Gasteiger partial charge on any atom is 0.328 e. The maximum atomic E-state index is 10.7. The molecular formula is C11H10ClN3O4. The molecule has 0 heterocycles. The van der Waals surface area contributed by atoms with Gasteiger partial charge < -0.3 is 9.84 Å². The van der Waals surface area contributed by atoms with E-state index >= 15 is 0 Å². The summed E-state index contributed by atoms with van der Waals surface area (Å²) in [5.41, 5.74) is 12.9. The number of halogens is 1. The first-order valence-electron chi connectivity index (χ1n) is 4.80. The van der Waals surface area contributed by atoms with Gasteiger partial charge in [-0.25, -0.2) is 4.79 Å².